The monoisotopic (exact) mass is 263 g/mol. The van der Waals surface area contributed by atoms with Crippen LogP contribution in [0.1, 0.15) is 32.4 Å². The van der Waals surface area contributed by atoms with Gasteiger partial charge in [0.25, 0.3) is 0 Å². The first-order chi connectivity index (χ1) is 9.04. The summed E-state index contributed by atoms with van der Waals surface area (Å²) in [6, 6.07) is 0. The summed E-state index contributed by atoms with van der Waals surface area (Å²) in [6.45, 7) is 8.57. The summed E-state index contributed by atoms with van der Waals surface area (Å²) in [7, 11) is 0. The minimum Gasteiger partial charge on any atom is -0.373 e. The molecule has 1 aliphatic rings. The van der Waals surface area contributed by atoms with E-state index in [-0.39, 0.29) is 5.60 Å². The number of hydrogen-bond acceptors (Lipinski definition) is 4. The van der Waals surface area contributed by atoms with E-state index >= 15 is 0 Å². The topological polar surface area (TPSA) is 70.9 Å². The van der Waals surface area contributed by atoms with E-state index in [1.165, 1.54) is 0 Å². The maximum atomic E-state index is 6.08. The van der Waals surface area contributed by atoms with E-state index < -0.39 is 0 Å². The van der Waals surface area contributed by atoms with Gasteiger partial charge in [-0.05, 0) is 33.6 Å². The molecule has 104 valence electrons. The summed E-state index contributed by atoms with van der Waals surface area (Å²) in [5, 5.41) is 4.50. The van der Waals surface area contributed by atoms with Crippen LogP contribution in [0, 0.1) is 6.92 Å². The van der Waals surface area contributed by atoms with Gasteiger partial charge < -0.3 is 10.5 Å². The van der Waals surface area contributed by atoms with Crippen molar-refractivity contribution in [1.29, 1.82) is 0 Å². The van der Waals surface area contributed by atoms with Gasteiger partial charge in [-0.2, -0.15) is 5.10 Å². The van der Waals surface area contributed by atoms with Crippen molar-refractivity contribution in [2.75, 3.05) is 12.3 Å². The van der Waals surface area contributed by atoms with Gasteiger partial charge in [0, 0.05) is 13.2 Å². The Kier molecular flexibility index (Phi) is 2.78. The van der Waals surface area contributed by atoms with Crippen LogP contribution in [0.5, 0.6) is 0 Å². The van der Waals surface area contributed by atoms with Crippen molar-refractivity contribution in [2.24, 2.45) is 0 Å². The van der Waals surface area contributed by atoms with E-state index in [9.17, 15) is 0 Å². The highest BCUT2D eigenvalue weighted by molar-refractivity contribution is 5.77. The van der Waals surface area contributed by atoms with Crippen molar-refractivity contribution >= 4 is 17.1 Å². The first-order valence-electron chi connectivity index (χ1n) is 6.87. The summed E-state index contributed by atoms with van der Waals surface area (Å²) in [6.07, 6.45) is 2.17. The molecule has 0 aromatic carbocycles. The lowest BCUT2D eigenvalue weighted by Crippen LogP contribution is -2.30. The lowest BCUT2D eigenvalue weighted by Gasteiger charge is -2.24. The third-order valence-electron chi connectivity index (χ3n) is 3.92. The number of fused-ring (bicyclic) bond motifs is 1. The average molecular weight is 263 g/mol. The Labute approximate surface area is 112 Å². The van der Waals surface area contributed by atoms with Crippen molar-refractivity contribution in [3.05, 3.63) is 5.69 Å². The molecule has 0 amide bonds. The summed E-state index contributed by atoms with van der Waals surface area (Å²) in [4.78, 5) is 4.46. The van der Waals surface area contributed by atoms with E-state index in [0.29, 0.717) is 5.95 Å². The number of aryl methyl sites for hydroxylation is 2. The van der Waals surface area contributed by atoms with Gasteiger partial charge in [0.05, 0.1) is 17.8 Å². The molecule has 1 aliphatic heterocycles. The molecule has 6 nitrogen and oxygen atoms in total. The second kappa shape index (κ2) is 4.23. The molecule has 3 rings (SSSR count). The Morgan fingerprint density at radius 3 is 2.89 bits per heavy atom. The maximum absolute atomic E-state index is 6.08. The highest BCUT2D eigenvalue weighted by atomic mass is 16.5. The van der Waals surface area contributed by atoms with Crippen LogP contribution in [0.3, 0.4) is 0 Å². The number of rotatable bonds is 3. The third kappa shape index (κ3) is 1.90. The molecule has 0 aliphatic carbocycles. The molecule has 2 N–H and O–H groups in total. The van der Waals surface area contributed by atoms with Crippen molar-refractivity contribution in [3.8, 4) is 0 Å². The van der Waals surface area contributed by atoms with Crippen LogP contribution in [0.25, 0.3) is 11.2 Å². The minimum absolute atomic E-state index is 0.140. The molecular weight excluding hydrogens is 242 g/mol. The highest BCUT2D eigenvalue weighted by Gasteiger charge is 2.32. The molecule has 2 aromatic heterocycles. The number of anilines is 1. The number of aromatic nitrogens is 4. The molecule has 1 saturated heterocycles. The molecule has 0 bridgehead atoms. The van der Waals surface area contributed by atoms with E-state index in [1.807, 2.05) is 16.2 Å². The van der Waals surface area contributed by atoms with Crippen LogP contribution < -0.4 is 5.73 Å². The largest absolute Gasteiger partial charge is 0.373 e. The van der Waals surface area contributed by atoms with Crippen LogP contribution in [0.2, 0.25) is 0 Å². The maximum Gasteiger partial charge on any atom is 0.202 e. The molecule has 3 heterocycles. The molecule has 0 radical (unpaired) electrons. The first-order valence-corrected chi connectivity index (χ1v) is 6.87. The Bertz CT molecular complexity index is 606. The minimum atomic E-state index is -0.140. The van der Waals surface area contributed by atoms with Crippen molar-refractivity contribution in [3.63, 3.8) is 0 Å². The fourth-order valence-electron chi connectivity index (χ4n) is 2.91. The van der Waals surface area contributed by atoms with Crippen molar-refractivity contribution < 1.29 is 4.74 Å². The molecule has 6 heteroatoms. The molecule has 1 unspecified atom stereocenters. The van der Waals surface area contributed by atoms with Crippen LogP contribution in [0.15, 0.2) is 0 Å². The van der Waals surface area contributed by atoms with E-state index in [2.05, 4.69) is 23.9 Å². The van der Waals surface area contributed by atoms with Gasteiger partial charge in [0.1, 0.15) is 5.52 Å². The fourth-order valence-corrected chi connectivity index (χ4v) is 2.91. The van der Waals surface area contributed by atoms with Crippen LogP contribution >= 0.6 is 0 Å². The molecule has 0 spiro atoms. The average Bonchev–Trinajstić information content (AvgIpc) is 3.00. The van der Waals surface area contributed by atoms with Crippen molar-refractivity contribution in [2.45, 2.75) is 52.3 Å². The fraction of sp³-hybridized carbons (Fsp3) is 0.692. The number of hydrogen-bond donors (Lipinski definition) is 1. The zero-order valence-corrected chi connectivity index (χ0v) is 11.8. The molecule has 2 aromatic rings. The summed E-state index contributed by atoms with van der Waals surface area (Å²) >= 11 is 0. The van der Waals surface area contributed by atoms with Gasteiger partial charge in [-0.15, -0.1) is 0 Å². The third-order valence-corrected chi connectivity index (χ3v) is 3.92. The smallest absolute Gasteiger partial charge is 0.202 e. The molecular formula is C13H21N5O. The summed E-state index contributed by atoms with van der Waals surface area (Å²) in [5.41, 5.74) is 8.78. The summed E-state index contributed by atoms with van der Waals surface area (Å²) < 4.78 is 9.87. The Balaban J connectivity index is 2.09. The number of nitrogens with two attached hydrogens (primary N) is 1. The van der Waals surface area contributed by atoms with Gasteiger partial charge >= 0.3 is 0 Å². The lowest BCUT2D eigenvalue weighted by molar-refractivity contribution is 0.00728. The zero-order valence-electron chi connectivity index (χ0n) is 11.8. The van der Waals surface area contributed by atoms with E-state index in [1.54, 1.807) is 0 Å². The van der Waals surface area contributed by atoms with Gasteiger partial charge in [0.2, 0.25) is 5.95 Å². The number of nitrogens with zero attached hydrogens (tertiary/aromatic N) is 4. The van der Waals surface area contributed by atoms with Gasteiger partial charge in [-0.1, -0.05) is 0 Å². The number of imidazole rings is 1. The second-order valence-corrected chi connectivity index (χ2v) is 5.53. The van der Waals surface area contributed by atoms with Gasteiger partial charge in [0.15, 0.2) is 5.65 Å². The predicted molar refractivity (Wildman–Crippen MR) is 73.9 cm³/mol. The number of ether oxygens (including phenoxy) is 1. The Morgan fingerprint density at radius 1 is 1.47 bits per heavy atom. The van der Waals surface area contributed by atoms with Crippen LogP contribution in [0.4, 0.5) is 5.95 Å². The van der Waals surface area contributed by atoms with E-state index in [0.717, 1.165) is 49.4 Å². The lowest BCUT2D eigenvalue weighted by atomic mass is 10.0. The highest BCUT2D eigenvalue weighted by Crippen LogP contribution is 2.30. The van der Waals surface area contributed by atoms with Crippen LogP contribution in [-0.4, -0.2) is 31.5 Å². The standard InChI is InChI=1S/C13H21N5O/c1-4-18-11-10(9(2)16-18)15-12(14)17(11)8-13(3)6-5-7-19-13/h4-8H2,1-3H3,(H2,14,15). The van der Waals surface area contributed by atoms with Gasteiger partial charge in [-0.25, -0.2) is 9.67 Å². The molecule has 19 heavy (non-hydrogen) atoms. The van der Waals surface area contributed by atoms with Crippen molar-refractivity contribution in [1.82, 2.24) is 19.3 Å². The molecule has 1 fully saturated rings. The quantitative estimate of drug-likeness (QED) is 0.915. The zero-order chi connectivity index (χ0) is 13.6. The molecule has 1 atom stereocenters. The predicted octanol–water partition coefficient (Wildman–Crippen LogP) is 1.71. The Morgan fingerprint density at radius 2 is 2.26 bits per heavy atom. The number of nitrogen functional groups attached to an aromatic ring is 1. The molecule has 0 saturated carbocycles. The Hall–Kier alpha value is -1.56. The normalized spacial score (nSPS) is 23.5. The van der Waals surface area contributed by atoms with E-state index in [4.69, 9.17) is 10.5 Å². The SMILES string of the molecule is CCn1nc(C)c2nc(N)n(CC3(C)CCCO3)c21. The first kappa shape index (κ1) is 12.5. The van der Waals surface area contributed by atoms with Crippen LogP contribution in [-0.2, 0) is 17.8 Å². The second-order valence-electron chi connectivity index (χ2n) is 5.53. The summed E-state index contributed by atoms with van der Waals surface area (Å²) in [5.74, 6) is 0.550. The van der Waals surface area contributed by atoms with Gasteiger partial charge in [-0.3, -0.25) is 4.57 Å².